The molecule has 2 heterocycles. The zero-order valence-corrected chi connectivity index (χ0v) is 13.9. The largest absolute Gasteiger partial charge is 0.494 e. The van der Waals surface area contributed by atoms with Gasteiger partial charge in [-0.25, -0.2) is 9.97 Å². The summed E-state index contributed by atoms with van der Waals surface area (Å²) in [5, 5.41) is 0.925. The van der Waals surface area contributed by atoms with Crippen molar-refractivity contribution >= 4 is 26.8 Å². The van der Waals surface area contributed by atoms with Gasteiger partial charge in [0.1, 0.15) is 23.4 Å². The molecule has 2 aromatic rings. The molecule has 0 aliphatic carbocycles. The van der Waals surface area contributed by atoms with Crippen molar-refractivity contribution in [1.82, 2.24) is 9.97 Å². The van der Waals surface area contributed by atoms with Crippen LogP contribution >= 0.6 is 0 Å². The van der Waals surface area contributed by atoms with Gasteiger partial charge in [0.2, 0.25) is 0 Å². The topological polar surface area (TPSA) is 81.6 Å². The van der Waals surface area contributed by atoms with E-state index in [4.69, 9.17) is 8.92 Å². The van der Waals surface area contributed by atoms with Crippen molar-refractivity contribution in [2.45, 2.75) is 18.9 Å². The molecule has 1 aromatic heterocycles. The second-order valence-electron chi connectivity index (χ2n) is 5.54. The zero-order valence-electron chi connectivity index (χ0n) is 13.1. The van der Waals surface area contributed by atoms with Crippen molar-refractivity contribution in [2.75, 3.05) is 31.4 Å². The molecule has 0 N–H and O–H groups in total. The number of para-hydroxylation sites is 1. The molecule has 124 valence electrons. The van der Waals surface area contributed by atoms with Gasteiger partial charge in [-0.3, -0.25) is 4.18 Å². The van der Waals surface area contributed by atoms with Crippen molar-refractivity contribution in [3.63, 3.8) is 0 Å². The van der Waals surface area contributed by atoms with E-state index in [9.17, 15) is 8.42 Å². The minimum atomic E-state index is -3.41. The molecule has 0 bridgehead atoms. The van der Waals surface area contributed by atoms with E-state index in [1.165, 1.54) is 6.33 Å². The van der Waals surface area contributed by atoms with Crippen LogP contribution in [0.5, 0.6) is 5.75 Å². The number of fused-ring (bicyclic) bond motifs is 1. The standard InChI is InChI=1S/C15H19N3O4S/c1-21-13-5-3-4-12-14(13)16-10-17-15(12)18-8-6-11(7-9-18)22-23(2,19)20/h3-5,10-11H,6-9H2,1-2H3. The number of rotatable bonds is 4. The Labute approximate surface area is 135 Å². The maximum atomic E-state index is 11.2. The van der Waals surface area contributed by atoms with E-state index in [0.29, 0.717) is 31.7 Å². The average molecular weight is 337 g/mol. The van der Waals surface area contributed by atoms with Gasteiger partial charge in [-0.05, 0) is 25.0 Å². The number of ether oxygens (including phenoxy) is 1. The summed E-state index contributed by atoms with van der Waals surface area (Å²) in [5.41, 5.74) is 0.773. The van der Waals surface area contributed by atoms with Crippen molar-refractivity contribution in [3.8, 4) is 5.75 Å². The minimum Gasteiger partial charge on any atom is -0.494 e. The zero-order chi connectivity index (χ0) is 16.4. The number of benzene rings is 1. The third-order valence-corrected chi connectivity index (χ3v) is 4.50. The highest BCUT2D eigenvalue weighted by Gasteiger charge is 2.25. The Kier molecular flexibility index (Phi) is 4.36. The predicted octanol–water partition coefficient (Wildman–Crippen LogP) is 1.58. The Morgan fingerprint density at radius 2 is 1.96 bits per heavy atom. The van der Waals surface area contributed by atoms with E-state index >= 15 is 0 Å². The van der Waals surface area contributed by atoms with Crippen molar-refractivity contribution in [2.24, 2.45) is 0 Å². The summed E-state index contributed by atoms with van der Waals surface area (Å²) in [4.78, 5) is 10.8. The smallest absolute Gasteiger partial charge is 0.264 e. The van der Waals surface area contributed by atoms with Crippen LogP contribution in [0.1, 0.15) is 12.8 Å². The van der Waals surface area contributed by atoms with Crippen LogP contribution in [-0.4, -0.2) is 50.9 Å². The maximum Gasteiger partial charge on any atom is 0.264 e. The summed E-state index contributed by atoms with van der Waals surface area (Å²) in [7, 11) is -1.79. The Hall–Kier alpha value is -1.93. The Balaban J connectivity index is 1.83. The van der Waals surface area contributed by atoms with Crippen molar-refractivity contribution in [1.29, 1.82) is 0 Å². The molecule has 1 saturated heterocycles. The first-order valence-corrected chi connectivity index (χ1v) is 9.20. The third kappa shape index (κ3) is 3.53. The fraction of sp³-hybridized carbons (Fsp3) is 0.467. The van der Waals surface area contributed by atoms with Gasteiger partial charge < -0.3 is 9.64 Å². The van der Waals surface area contributed by atoms with E-state index in [1.807, 2.05) is 18.2 Å². The van der Waals surface area contributed by atoms with E-state index in [1.54, 1.807) is 7.11 Å². The normalized spacial score (nSPS) is 16.7. The molecule has 0 amide bonds. The molecule has 3 rings (SSSR count). The molecule has 7 nitrogen and oxygen atoms in total. The van der Waals surface area contributed by atoms with Crippen LogP contribution < -0.4 is 9.64 Å². The van der Waals surface area contributed by atoms with Gasteiger partial charge in [0.15, 0.2) is 0 Å². The van der Waals surface area contributed by atoms with Crippen LogP contribution in [-0.2, 0) is 14.3 Å². The van der Waals surface area contributed by atoms with Gasteiger partial charge in [0, 0.05) is 18.5 Å². The van der Waals surface area contributed by atoms with Crippen LogP contribution in [0.3, 0.4) is 0 Å². The number of piperidine rings is 1. The molecule has 8 heteroatoms. The van der Waals surface area contributed by atoms with Crippen LogP contribution in [0, 0.1) is 0 Å². The molecular formula is C15H19N3O4S. The van der Waals surface area contributed by atoms with Gasteiger partial charge in [-0.1, -0.05) is 6.07 Å². The first-order chi connectivity index (χ1) is 11.0. The van der Waals surface area contributed by atoms with E-state index < -0.39 is 10.1 Å². The summed E-state index contributed by atoms with van der Waals surface area (Å²) < 4.78 is 32.9. The summed E-state index contributed by atoms with van der Waals surface area (Å²) in [6.45, 7) is 1.37. The van der Waals surface area contributed by atoms with Gasteiger partial charge in [0.05, 0.1) is 19.5 Å². The Morgan fingerprint density at radius 1 is 1.22 bits per heavy atom. The quantitative estimate of drug-likeness (QED) is 0.784. The highest BCUT2D eigenvalue weighted by Crippen LogP contribution is 2.31. The summed E-state index contributed by atoms with van der Waals surface area (Å²) in [6.07, 6.45) is 3.64. The van der Waals surface area contributed by atoms with E-state index in [-0.39, 0.29) is 6.10 Å². The fourth-order valence-corrected chi connectivity index (χ4v) is 3.56. The SMILES string of the molecule is COc1cccc2c(N3CCC(OS(C)(=O)=O)CC3)ncnc12. The first-order valence-electron chi connectivity index (χ1n) is 7.39. The second kappa shape index (κ2) is 6.29. The Bertz CT molecular complexity index is 801. The molecule has 1 aliphatic heterocycles. The highest BCUT2D eigenvalue weighted by molar-refractivity contribution is 7.86. The minimum absolute atomic E-state index is 0.260. The lowest BCUT2D eigenvalue weighted by atomic mass is 10.1. The molecule has 0 spiro atoms. The summed E-state index contributed by atoms with van der Waals surface area (Å²) >= 11 is 0. The Morgan fingerprint density at radius 3 is 2.61 bits per heavy atom. The van der Waals surface area contributed by atoms with Gasteiger partial charge in [-0.15, -0.1) is 0 Å². The second-order valence-corrected chi connectivity index (χ2v) is 7.14. The summed E-state index contributed by atoms with van der Waals surface area (Å²) in [5.74, 6) is 1.55. The van der Waals surface area contributed by atoms with E-state index in [0.717, 1.165) is 23.0 Å². The monoisotopic (exact) mass is 337 g/mol. The number of hydrogen-bond donors (Lipinski definition) is 0. The number of hydrogen-bond acceptors (Lipinski definition) is 7. The molecule has 23 heavy (non-hydrogen) atoms. The van der Waals surface area contributed by atoms with Crippen LogP contribution in [0.15, 0.2) is 24.5 Å². The molecule has 1 fully saturated rings. The van der Waals surface area contributed by atoms with E-state index in [2.05, 4.69) is 14.9 Å². The maximum absolute atomic E-state index is 11.2. The molecule has 1 aromatic carbocycles. The van der Waals surface area contributed by atoms with Crippen LogP contribution in [0.4, 0.5) is 5.82 Å². The number of methoxy groups -OCH3 is 1. The van der Waals surface area contributed by atoms with Crippen LogP contribution in [0.25, 0.3) is 10.9 Å². The lowest BCUT2D eigenvalue weighted by Gasteiger charge is -2.32. The molecule has 0 radical (unpaired) electrons. The van der Waals surface area contributed by atoms with Crippen molar-refractivity contribution in [3.05, 3.63) is 24.5 Å². The number of nitrogens with zero attached hydrogens (tertiary/aromatic N) is 3. The fourth-order valence-electron chi connectivity index (χ4n) is 2.87. The van der Waals surface area contributed by atoms with Gasteiger partial charge in [-0.2, -0.15) is 8.42 Å². The predicted molar refractivity (Wildman–Crippen MR) is 87.3 cm³/mol. The molecule has 0 atom stereocenters. The number of anilines is 1. The third-order valence-electron chi connectivity index (χ3n) is 3.88. The molecule has 0 unspecified atom stereocenters. The van der Waals surface area contributed by atoms with Gasteiger partial charge in [0.25, 0.3) is 10.1 Å². The number of aromatic nitrogens is 2. The van der Waals surface area contributed by atoms with Crippen LogP contribution in [0.2, 0.25) is 0 Å². The molecular weight excluding hydrogens is 318 g/mol. The lowest BCUT2D eigenvalue weighted by molar-refractivity contribution is 0.180. The lowest BCUT2D eigenvalue weighted by Crippen LogP contribution is -2.38. The van der Waals surface area contributed by atoms with Crippen molar-refractivity contribution < 1.29 is 17.3 Å². The molecule has 1 aliphatic rings. The first kappa shape index (κ1) is 15.9. The highest BCUT2D eigenvalue weighted by atomic mass is 32.2. The summed E-state index contributed by atoms with van der Waals surface area (Å²) in [6, 6.07) is 5.74. The average Bonchev–Trinajstić information content (AvgIpc) is 2.53. The molecule has 0 saturated carbocycles. The van der Waals surface area contributed by atoms with Gasteiger partial charge >= 0.3 is 0 Å².